The first-order valence-corrected chi connectivity index (χ1v) is 10.6. The van der Waals surface area contributed by atoms with Crippen molar-refractivity contribution in [2.24, 2.45) is 15.9 Å². The van der Waals surface area contributed by atoms with Gasteiger partial charge in [-0.3, -0.25) is 4.79 Å². The van der Waals surface area contributed by atoms with Gasteiger partial charge >= 0.3 is 5.97 Å². The Bertz CT molecular complexity index is 731. The number of benzene rings is 1. The van der Waals surface area contributed by atoms with Crippen LogP contribution in [0.4, 0.5) is 0 Å². The first-order chi connectivity index (χ1) is 13.9. The van der Waals surface area contributed by atoms with E-state index in [9.17, 15) is 4.79 Å². The van der Waals surface area contributed by atoms with Gasteiger partial charge in [0.2, 0.25) is 11.8 Å². The van der Waals surface area contributed by atoms with E-state index in [1.165, 1.54) is 0 Å². The summed E-state index contributed by atoms with van der Waals surface area (Å²) in [5.41, 5.74) is 0.919. The van der Waals surface area contributed by atoms with Crippen LogP contribution < -0.4 is 0 Å². The van der Waals surface area contributed by atoms with Gasteiger partial charge in [-0.2, -0.15) is 0 Å². The molecule has 0 amide bonds. The average Bonchev–Trinajstić information content (AvgIpc) is 2.68. The highest BCUT2D eigenvalue weighted by atomic mass is 35.5. The van der Waals surface area contributed by atoms with Gasteiger partial charge in [0.25, 0.3) is 0 Å². The largest absolute Gasteiger partial charge is 0.480 e. The second kappa shape index (κ2) is 11.2. The molecule has 160 valence electrons. The third-order valence-electron chi connectivity index (χ3n) is 4.63. The number of halogens is 1. The van der Waals surface area contributed by atoms with Crippen LogP contribution in [0.25, 0.3) is 0 Å². The molecule has 7 heteroatoms. The summed E-state index contributed by atoms with van der Waals surface area (Å²) in [6, 6.07) is 6.73. The Morgan fingerprint density at radius 1 is 0.966 bits per heavy atom. The van der Waals surface area contributed by atoms with Crippen molar-refractivity contribution in [1.29, 1.82) is 0 Å². The summed E-state index contributed by atoms with van der Waals surface area (Å²) in [6.07, 6.45) is 0.154. The fourth-order valence-corrected chi connectivity index (χ4v) is 3.42. The van der Waals surface area contributed by atoms with Crippen molar-refractivity contribution in [3.8, 4) is 0 Å². The average molecular weight is 423 g/mol. The number of carbonyl (C=O) groups excluding carboxylic acids is 1. The predicted molar refractivity (Wildman–Crippen MR) is 116 cm³/mol. The molecule has 0 saturated heterocycles. The van der Waals surface area contributed by atoms with Crippen molar-refractivity contribution >= 4 is 29.4 Å². The smallest absolute Gasteiger partial charge is 0.306 e. The summed E-state index contributed by atoms with van der Waals surface area (Å²) in [5, 5.41) is 0.629. The van der Waals surface area contributed by atoms with Crippen molar-refractivity contribution in [3.05, 3.63) is 34.9 Å². The van der Waals surface area contributed by atoms with Crippen molar-refractivity contribution in [2.75, 3.05) is 19.8 Å². The standard InChI is InChI=1S/C22H31ClN2O4/c1-6-27-18(26)13-17(15-9-11-16(23)12-10-15)20-22(29-8-3)24-19(14(4)5)21(25-20)28-7-2/h9-12,14,17,19-20H,6-8,13H2,1-5H3/t17-,19-,20+/m1/s1. The molecular formula is C22H31ClN2O4. The molecule has 0 spiro atoms. The number of carbonyl (C=O) groups is 1. The highest BCUT2D eigenvalue weighted by Crippen LogP contribution is 2.32. The Morgan fingerprint density at radius 3 is 2.03 bits per heavy atom. The van der Waals surface area contributed by atoms with Crippen LogP contribution in [-0.2, 0) is 19.0 Å². The molecule has 0 bridgehead atoms. The third-order valence-corrected chi connectivity index (χ3v) is 4.88. The van der Waals surface area contributed by atoms with Gasteiger partial charge in [0.1, 0.15) is 12.1 Å². The number of hydrogen-bond donors (Lipinski definition) is 0. The quantitative estimate of drug-likeness (QED) is 0.571. The molecule has 0 aliphatic carbocycles. The van der Waals surface area contributed by atoms with Crippen LogP contribution >= 0.6 is 11.6 Å². The lowest BCUT2D eigenvalue weighted by Gasteiger charge is -2.32. The zero-order chi connectivity index (χ0) is 21.4. The van der Waals surface area contributed by atoms with Crippen LogP contribution in [-0.4, -0.2) is 49.7 Å². The molecule has 2 rings (SSSR count). The van der Waals surface area contributed by atoms with Gasteiger partial charge in [0.15, 0.2) is 0 Å². The topological polar surface area (TPSA) is 69.5 Å². The van der Waals surface area contributed by atoms with E-state index in [0.29, 0.717) is 36.6 Å². The van der Waals surface area contributed by atoms with Gasteiger partial charge < -0.3 is 14.2 Å². The second-order valence-corrected chi connectivity index (χ2v) is 7.54. The fourth-order valence-electron chi connectivity index (χ4n) is 3.30. The summed E-state index contributed by atoms with van der Waals surface area (Å²) >= 11 is 6.07. The van der Waals surface area contributed by atoms with Gasteiger partial charge in [0, 0.05) is 10.9 Å². The Morgan fingerprint density at radius 2 is 1.52 bits per heavy atom. The van der Waals surface area contributed by atoms with E-state index >= 15 is 0 Å². The van der Waals surface area contributed by atoms with E-state index in [1.807, 2.05) is 26.0 Å². The maximum absolute atomic E-state index is 12.4. The molecule has 6 nitrogen and oxygen atoms in total. The van der Waals surface area contributed by atoms with Gasteiger partial charge in [-0.05, 0) is 44.4 Å². The molecule has 0 radical (unpaired) electrons. The number of hydrogen-bond acceptors (Lipinski definition) is 6. The summed E-state index contributed by atoms with van der Waals surface area (Å²) in [5.74, 6) is 0.719. The van der Waals surface area contributed by atoms with Crippen LogP contribution in [0.3, 0.4) is 0 Å². The van der Waals surface area contributed by atoms with Gasteiger partial charge in [-0.25, -0.2) is 9.98 Å². The Hall–Kier alpha value is -2.08. The van der Waals surface area contributed by atoms with E-state index in [-0.39, 0.29) is 30.3 Å². The zero-order valence-corrected chi connectivity index (χ0v) is 18.6. The minimum atomic E-state index is -0.475. The van der Waals surface area contributed by atoms with E-state index in [2.05, 4.69) is 13.8 Å². The van der Waals surface area contributed by atoms with Gasteiger partial charge in [-0.1, -0.05) is 37.6 Å². The van der Waals surface area contributed by atoms with Crippen molar-refractivity contribution in [3.63, 3.8) is 0 Å². The van der Waals surface area contributed by atoms with E-state index in [0.717, 1.165) is 5.56 Å². The Kier molecular flexibility index (Phi) is 8.96. The second-order valence-electron chi connectivity index (χ2n) is 7.10. The van der Waals surface area contributed by atoms with Crippen molar-refractivity contribution in [2.45, 2.75) is 59.0 Å². The first-order valence-electron chi connectivity index (χ1n) is 10.2. The Balaban J connectivity index is 2.49. The molecular weight excluding hydrogens is 392 g/mol. The molecule has 0 fully saturated rings. The van der Waals surface area contributed by atoms with Crippen molar-refractivity contribution < 1.29 is 19.0 Å². The summed E-state index contributed by atoms with van der Waals surface area (Å²) in [6.45, 7) is 11.1. The Labute approximate surface area is 178 Å². The fraction of sp³-hybridized carbons (Fsp3) is 0.591. The lowest BCUT2D eigenvalue weighted by molar-refractivity contribution is -0.143. The number of ether oxygens (including phenoxy) is 3. The molecule has 0 N–H and O–H groups in total. The molecule has 1 heterocycles. The van der Waals surface area contributed by atoms with Crippen LogP contribution in [0.15, 0.2) is 34.3 Å². The highest BCUT2D eigenvalue weighted by molar-refractivity contribution is 6.30. The van der Waals surface area contributed by atoms with Gasteiger partial charge in [-0.15, -0.1) is 0 Å². The summed E-state index contributed by atoms with van der Waals surface area (Å²) in [4.78, 5) is 22.1. The first kappa shape index (κ1) is 23.2. The molecule has 0 unspecified atom stereocenters. The number of esters is 1. The van der Waals surface area contributed by atoms with E-state index in [4.69, 9.17) is 35.8 Å². The maximum atomic E-state index is 12.4. The van der Waals surface area contributed by atoms with Crippen LogP contribution in [0, 0.1) is 5.92 Å². The van der Waals surface area contributed by atoms with E-state index < -0.39 is 6.04 Å². The predicted octanol–water partition coefficient (Wildman–Crippen LogP) is 4.65. The SMILES string of the molecule is CCOC(=O)C[C@H](c1ccc(Cl)cc1)[C@@H]1N=C(OCC)[C@@H](C(C)C)N=C1OCC. The highest BCUT2D eigenvalue weighted by Gasteiger charge is 2.37. The number of aliphatic imine (C=N–C) groups is 2. The minimum Gasteiger partial charge on any atom is -0.480 e. The normalized spacial score (nSPS) is 20.0. The van der Waals surface area contributed by atoms with Gasteiger partial charge in [0.05, 0.1) is 26.2 Å². The van der Waals surface area contributed by atoms with E-state index in [1.54, 1.807) is 19.1 Å². The van der Waals surface area contributed by atoms with Crippen LogP contribution in [0.5, 0.6) is 0 Å². The summed E-state index contributed by atoms with van der Waals surface area (Å²) < 4.78 is 16.9. The molecule has 1 aliphatic heterocycles. The molecule has 0 saturated carbocycles. The molecule has 0 aromatic heterocycles. The van der Waals surface area contributed by atoms with Crippen LogP contribution in [0.2, 0.25) is 5.02 Å². The third kappa shape index (κ3) is 6.20. The molecule has 29 heavy (non-hydrogen) atoms. The minimum absolute atomic E-state index is 0.154. The summed E-state index contributed by atoms with van der Waals surface area (Å²) in [7, 11) is 0. The van der Waals surface area contributed by atoms with Crippen LogP contribution in [0.1, 0.15) is 52.5 Å². The lowest BCUT2D eigenvalue weighted by Crippen LogP contribution is -2.41. The molecule has 1 aromatic rings. The lowest BCUT2D eigenvalue weighted by atomic mass is 9.87. The monoisotopic (exact) mass is 422 g/mol. The molecule has 1 aliphatic rings. The number of nitrogens with zero attached hydrogens (tertiary/aromatic N) is 2. The number of rotatable bonds is 8. The molecule has 3 atom stereocenters. The zero-order valence-electron chi connectivity index (χ0n) is 17.9. The van der Waals surface area contributed by atoms with Crippen molar-refractivity contribution in [1.82, 2.24) is 0 Å². The molecule has 1 aromatic carbocycles. The maximum Gasteiger partial charge on any atom is 0.306 e.